The molecule has 0 bridgehead atoms. The highest BCUT2D eigenvalue weighted by Gasteiger charge is 2.37. The Morgan fingerprint density at radius 1 is 0.459 bits per heavy atom. The highest BCUT2D eigenvalue weighted by Crippen LogP contribution is 2.48. The van der Waals surface area contributed by atoms with Crippen LogP contribution in [0.15, 0.2) is 119 Å². The van der Waals surface area contributed by atoms with Gasteiger partial charge in [-0.15, -0.1) is 0 Å². The number of halogens is 7. The van der Waals surface area contributed by atoms with E-state index in [1.807, 2.05) is 28.7 Å². The van der Waals surface area contributed by atoms with Crippen molar-refractivity contribution in [3.8, 4) is 0 Å². The Bertz CT molecular complexity index is 6230. The number of hydrogen-bond donors (Lipinski definition) is 3. The predicted molar refractivity (Wildman–Crippen MR) is 451 cm³/mol. The second-order valence-electron chi connectivity index (χ2n) is 22.4. The number of carbonyl (C=O) groups excluding carboxylic acids is 7. The van der Waals surface area contributed by atoms with Crippen molar-refractivity contribution in [3.63, 3.8) is 0 Å². The van der Waals surface area contributed by atoms with Crippen LogP contribution in [0.2, 0.25) is 25.1 Å². The van der Waals surface area contributed by atoms with Crippen LogP contribution >= 0.6 is 103 Å². The summed E-state index contributed by atoms with van der Waals surface area (Å²) in [7, 11) is 0. The lowest BCUT2D eigenvalue weighted by Gasteiger charge is -2.23. The number of carbonyl (C=O) groups is 8. The van der Waals surface area contributed by atoms with Crippen molar-refractivity contribution in [2.45, 2.75) is 201 Å². The van der Waals surface area contributed by atoms with Gasteiger partial charge in [0.15, 0.2) is 0 Å². The quantitative estimate of drug-likeness (QED) is 0.0345. The monoisotopic (exact) mass is 1860 g/mol. The number of rotatable bonds is 12. The fraction of sp³-hybridized carbons (Fsp3) is 0.465. The number of ketones is 2. The minimum atomic E-state index is -3.49. The molecule has 5 aromatic rings. The topological polar surface area (TPSA) is 255 Å². The summed E-state index contributed by atoms with van der Waals surface area (Å²) in [6.45, 7) is 8.39. The van der Waals surface area contributed by atoms with E-state index in [0.717, 1.165) is 14.3 Å². The molecule has 4 unspecified atom stereocenters. The number of primary amides is 1. The van der Waals surface area contributed by atoms with Gasteiger partial charge in [-0.1, -0.05) is 101 Å². The summed E-state index contributed by atoms with van der Waals surface area (Å²) < 4.78 is 369. The fourth-order valence-electron chi connectivity index (χ4n) is 10.5. The maximum absolute atomic E-state index is 12.5. The van der Waals surface area contributed by atoms with E-state index in [0.29, 0.717) is 75.8 Å². The van der Waals surface area contributed by atoms with E-state index in [2.05, 4.69) is 36.8 Å². The Morgan fingerprint density at radius 2 is 0.862 bits per heavy atom. The molecule has 0 saturated heterocycles. The van der Waals surface area contributed by atoms with Gasteiger partial charge in [-0.3, -0.25) is 28.8 Å². The summed E-state index contributed by atoms with van der Waals surface area (Å²) in [6.07, 6.45) is -69.0. The molecule has 0 spiro atoms. The highest BCUT2D eigenvalue weighted by atomic mass is 127. The Kier molecular flexibility index (Phi) is 19.3. The summed E-state index contributed by atoms with van der Waals surface area (Å²) >= 11 is 33.6. The number of nitrogens with two attached hydrogens (primary N) is 2. The third kappa shape index (κ3) is 27.0. The number of nitrogen functional groups attached to an aromatic ring is 1. The Labute approximate surface area is 756 Å². The molecule has 109 heavy (non-hydrogen) atoms. The van der Waals surface area contributed by atoms with Gasteiger partial charge in [0.05, 0.1) is 50.8 Å². The Balaban J connectivity index is 0.000000241. The standard InChI is InChI=1S/C16H18ClIO2.C16H17ClO2.C14H14ClNO.C14H13ClO2.C9H14O3.C6H5ClIN.C6H10O.C5H10O3/c1-2-20-16(19)14-6-4-3-5-11(14)9-12-7-8-13(17)10-15(12)18;1-2-19-16(18)13-5-3-4-12-14-9-11(17)7-6-10(14)8-15(12)13;2*15-9-5-4-8-6-13-10(12(8)7-9)2-1-3-11(13)14(16)17;1-2-12-9(11)7-5-3-4-6-8(7)10;7-4-1-2-6(9)5(8)3-4;7-6-4-2-1-3-5-6;1-3-7-5(6)8-4-2/h7-8,10H,2-6,9H2,1H3;6-7,9,13H,2-5,8H2,1H3;4-5,7,11H,1-3,6H2,(H2,16,17);4-5,7,11H,1-3,6H2,(H,16,17);7H,2-6H2,1H3;1-3H,9H2;1-5H2;3-4H2,1-2H3/i3D2,4D2,5D2,6D2;3D2,4D2,5D2;2*1D2,2D2,3D2;3D2,4D2,5D2,6D2;;1D2,2D2,3D2,4D2,5D2;. The second-order valence-corrected chi connectivity index (χ2v) is 26.9. The van der Waals surface area contributed by atoms with Crippen LogP contribution in [0.3, 0.4) is 0 Å². The van der Waals surface area contributed by atoms with Crippen LogP contribution in [0.4, 0.5) is 10.5 Å². The minimum Gasteiger partial charge on any atom is -0.481 e. The highest BCUT2D eigenvalue weighted by molar-refractivity contribution is 14.1. The molecule has 16 nitrogen and oxygen atoms in total. The van der Waals surface area contributed by atoms with Crippen LogP contribution in [0.25, 0.3) is 16.7 Å². The fourth-order valence-corrected chi connectivity index (χ4v) is 12.9. The van der Waals surface area contributed by atoms with Gasteiger partial charge in [0.2, 0.25) is 5.91 Å². The number of benzene rings is 5. The van der Waals surface area contributed by atoms with Crippen LogP contribution < -0.4 is 11.5 Å². The first kappa shape index (κ1) is 45.6. The number of carboxylic acids is 1. The number of ether oxygens (including phenoxy) is 5. The molecule has 588 valence electrons. The number of carboxylic acid groups (broad SMARTS) is 1. The van der Waals surface area contributed by atoms with Crippen molar-refractivity contribution in [3.05, 3.63) is 190 Å². The average molecular weight is 1860 g/mol. The van der Waals surface area contributed by atoms with Crippen LogP contribution in [0.5, 0.6) is 0 Å². The average Bonchev–Trinajstić information content (AvgIpc) is 1.62. The van der Waals surface area contributed by atoms with Crippen molar-refractivity contribution < 1.29 is 127 Å². The van der Waals surface area contributed by atoms with Crippen molar-refractivity contribution in [1.29, 1.82) is 0 Å². The Morgan fingerprint density at radius 3 is 1.33 bits per heavy atom. The number of hydrogen-bond acceptors (Lipinski definition) is 14. The summed E-state index contributed by atoms with van der Waals surface area (Å²) in [6, 6.07) is 24.5. The van der Waals surface area contributed by atoms with E-state index in [-0.39, 0.29) is 78.9 Å². The van der Waals surface area contributed by atoms with Gasteiger partial charge in [0.1, 0.15) is 17.5 Å². The molecule has 14 rings (SSSR count). The number of aliphatic carboxylic acids is 1. The van der Waals surface area contributed by atoms with E-state index >= 15 is 0 Å². The van der Waals surface area contributed by atoms with Crippen molar-refractivity contribution >= 4 is 173 Å². The van der Waals surface area contributed by atoms with Crippen molar-refractivity contribution in [2.24, 2.45) is 29.4 Å². The first-order valence-corrected chi connectivity index (χ1v) is 36.8. The van der Waals surface area contributed by atoms with Gasteiger partial charge in [-0.2, -0.15) is 0 Å². The lowest BCUT2D eigenvalue weighted by Crippen LogP contribution is -2.28. The lowest BCUT2D eigenvalue weighted by molar-refractivity contribution is -0.153. The molecule has 5 N–H and O–H groups in total. The largest absolute Gasteiger partial charge is 0.508 e. The predicted octanol–water partition coefficient (Wildman–Crippen LogP) is 21.9. The zero-order valence-corrected chi connectivity index (χ0v) is 66.5. The smallest absolute Gasteiger partial charge is 0.481 e. The van der Waals surface area contributed by atoms with Gasteiger partial charge < -0.3 is 40.3 Å². The Hall–Kier alpha value is -6.27. The summed E-state index contributed by atoms with van der Waals surface area (Å²) in [5.74, 6) is -16.7. The van der Waals surface area contributed by atoms with Crippen LogP contribution in [0, 0.1) is 30.8 Å². The van der Waals surface area contributed by atoms with Gasteiger partial charge in [-0.05, 0) is 353 Å². The molecule has 0 aromatic heterocycles. The molecule has 9 aliphatic carbocycles. The molecule has 0 heterocycles. The van der Waals surface area contributed by atoms with Crippen LogP contribution in [-0.4, -0.2) is 85.6 Å². The maximum Gasteiger partial charge on any atom is 0.508 e. The molecule has 1 amide bonds. The molecule has 2 fully saturated rings. The third-order valence-corrected chi connectivity index (χ3v) is 18.4. The third-order valence-electron chi connectivity index (χ3n) is 15.3. The van der Waals surface area contributed by atoms with Crippen molar-refractivity contribution in [1.82, 2.24) is 0 Å². The zero-order valence-electron chi connectivity index (χ0n) is 102. The number of anilines is 1. The normalized spacial score (nSPS) is 35.0. The molecule has 0 aliphatic heterocycles. The molecule has 23 heteroatoms. The van der Waals surface area contributed by atoms with Gasteiger partial charge >= 0.3 is 30.0 Å². The van der Waals surface area contributed by atoms with Crippen molar-refractivity contribution in [2.75, 3.05) is 38.8 Å². The second kappa shape index (κ2) is 46.0. The molecule has 5 aromatic carbocycles. The maximum atomic E-state index is 12.5. The number of fused-ring (bicyclic) bond motifs is 6. The molecular formula is C86H101Cl5I2N2O14. The van der Waals surface area contributed by atoms with E-state index in [1.165, 1.54) is 32.0 Å². The lowest BCUT2D eigenvalue weighted by atomic mass is 9.82. The number of Topliss-reactive ketones (excluding diaryl/α,β-unsaturated/α-hetero) is 2. The van der Waals surface area contributed by atoms with E-state index in [4.69, 9.17) is 139 Å². The molecule has 2 saturated carbocycles. The molecular weight excluding hydrogens is 1720 g/mol. The summed E-state index contributed by atoms with van der Waals surface area (Å²) in [4.78, 5) is 93.8. The number of allylic oxidation sites excluding steroid dienone is 4. The molecule has 0 radical (unpaired) electrons. The van der Waals surface area contributed by atoms with Crippen LogP contribution in [-0.2, 0) is 82.9 Å². The van der Waals surface area contributed by atoms with E-state index in [1.54, 1.807) is 87.5 Å². The first-order chi connectivity index (χ1) is 68.9. The molecule has 9 aliphatic rings. The van der Waals surface area contributed by atoms with E-state index < -0.39 is 223 Å². The van der Waals surface area contributed by atoms with Gasteiger partial charge in [0.25, 0.3) is 0 Å². The SMILES string of the molecule is CCOC(=O)OCC.Nc1ccc(Cl)cc1I.[2H]C1([2H])C(=O)C(C(=O)OCC)C([2H])([2H])C([2H])([2H])C1([2H])[2H].[2H]C1([2H])C(=O)C([2H])([2H])C([2H])([2H])C([2H])([2H])C1([2H])[2H].[2H]C1([2H])C(Cc2ccc(Cl)cc2I)=C(C(=O)OCC)C([2H])([2H])C([2H])([2H])C1([2H])[2H].[2H]C1([2H])C2=C(Cc3ccc(Cl)cc32)C(C(=O)O)C([2H])([2H])C1([2H])[2H].[2H]C1([2H])C2=C(Cc3ccc(Cl)cc32)C(C(=O)OCC)C([2H])([2H])C1([2H])[2H].[2H]C1([2H])C2=C(Cc3ccc(Cl)cc32)C(C(N)=O)C([2H])([2H])C1([2H])[2H]. The van der Waals surface area contributed by atoms with Gasteiger partial charge in [0, 0.05) is 123 Å². The summed E-state index contributed by atoms with van der Waals surface area (Å²) in [5, 5.41) is 11.7. The summed E-state index contributed by atoms with van der Waals surface area (Å²) in [5.41, 5.74) is 14.5. The molecule has 4 atom stereocenters. The minimum absolute atomic E-state index is 0.000995. The number of esters is 3. The first-order valence-electron chi connectivity index (χ1n) is 54.7. The zero-order chi connectivity index (χ0) is 119. The van der Waals surface area contributed by atoms with E-state index in [9.17, 15) is 43.5 Å². The van der Waals surface area contributed by atoms with Gasteiger partial charge in [-0.25, -0.2) is 9.59 Å². The number of amides is 1. The van der Waals surface area contributed by atoms with Crippen LogP contribution in [0.1, 0.15) is 274 Å².